The molecule has 1 N–H and O–H groups in total. The zero-order valence-corrected chi connectivity index (χ0v) is 9.84. The van der Waals surface area contributed by atoms with E-state index in [-0.39, 0.29) is 5.91 Å². The summed E-state index contributed by atoms with van der Waals surface area (Å²) in [5, 5.41) is 3.72. The van der Waals surface area contributed by atoms with E-state index in [4.69, 9.17) is 4.74 Å². The van der Waals surface area contributed by atoms with Crippen molar-refractivity contribution in [2.45, 2.75) is 13.0 Å². The fourth-order valence-electron chi connectivity index (χ4n) is 1.60. The summed E-state index contributed by atoms with van der Waals surface area (Å²) in [5.41, 5.74) is 1.73. The van der Waals surface area contributed by atoms with Crippen LogP contribution in [0.1, 0.15) is 22.3 Å². The molecule has 1 amide bonds. The number of nitrogens with one attached hydrogen (secondary N) is 1. The summed E-state index contributed by atoms with van der Waals surface area (Å²) < 4.78 is 5.62. The van der Waals surface area contributed by atoms with E-state index in [0.29, 0.717) is 13.2 Å². The van der Waals surface area contributed by atoms with Crippen molar-refractivity contribution < 1.29 is 9.53 Å². The van der Waals surface area contributed by atoms with Crippen LogP contribution in [-0.4, -0.2) is 17.8 Å². The Hall–Kier alpha value is -1.03. The molecule has 0 saturated heterocycles. The third kappa shape index (κ3) is 2.15. The van der Waals surface area contributed by atoms with Gasteiger partial charge < -0.3 is 10.1 Å². The molecule has 2 rings (SSSR count). The largest absolute Gasteiger partial charge is 0.493 e. The van der Waals surface area contributed by atoms with Gasteiger partial charge in [0.05, 0.1) is 6.61 Å². The summed E-state index contributed by atoms with van der Waals surface area (Å²) in [6.45, 7) is 1.26. The molecule has 0 bridgehead atoms. The van der Waals surface area contributed by atoms with Gasteiger partial charge in [0, 0.05) is 23.0 Å². The normalized spacial score (nSPS) is 13.5. The van der Waals surface area contributed by atoms with Crippen LogP contribution in [0.5, 0.6) is 5.75 Å². The van der Waals surface area contributed by atoms with E-state index >= 15 is 0 Å². The van der Waals surface area contributed by atoms with Crippen molar-refractivity contribution in [2.75, 3.05) is 11.9 Å². The predicted octanol–water partition coefficient (Wildman–Crippen LogP) is 2.09. The molecule has 1 aromatic carbocycles. The first-order valence-corrected chi connectivity index (χ1v) is 6.04. The van der Waals surface area contributed by atoms with Crippen LogP contribution in [0.4, 0.5) is 0 Å². The van der Waals surface area contributed by atoms with Crippen molar-refractivity contribution in [1.82, 2.24) is 5.32 Å². The number of alkyl halides is 1. The Morgan fingerprint density at radius 3 is 3.13 bits per heavy atom. The highest BCUT2D eigenvalue weighted by Crippen LogP contribution is 2.26. The molecule has 1 aliphatic rings. The van der Waals surface area contributed by atoms with Gasteiger partial charge in [-0.1, -0.05) is 22.0 Å². The van der Waals surface area contributed by atoms with E-state index in [1.807, 2.05) is 18.2 Å². The first kappa shape index (κ1) is 10.5. The Bertz CT molecular complexity index is 379. The van der Waals surface area contributed by atoms with Crippen LogP contribution in [-0.2, 0) is 6.54 Å². The van der Waals surface area contributed by atoms with Crippen molar-refractivity contribution in [3.8, 4) is 5.75 Å². The maximum absolute atomic E-state index is 11.4. The Kier molecular flexibility index (Phi) is 3.26. The highest BCUT2D eigenvalue weighted by Gasteiger charge is 2.21. The van der Waals surface area contributed by atoms with E-state index in [1.54, 1.807) is 0 Å². The third-order valence-corrected chi connectivity index (χ3v) is 2.90. The lowest BCUT2D eigenvalue weighted by atomic mass is 10.1. The summed E-state index contributed by atoms with van der Waals surface area (Å²) in [6.07, 6.45) is 0.963. The molecular weight excluding hydrogens is 258 g/mol. The second kappa shape index (κ2) is 4.66. The zero-order valence-electron chi connectivity index (χ0n) is 8.25. The predicted molar refractivity (Wildman–Crippen MR) is 61.5 cm³/mol. The average molecular weight is 270 g/mol. The van der Waals surface area contributed by atoms with E-state index in [9.17, 15) is 4.79 Å². The van der Waals surface area contributed by atoms with Crippen LogP contribution in [0.25, 0.3) is 0 Å². The Morgan fingerprint density at radius 1 is 1.47 bits per heavy atom. The molecule has 0 aliphatic carbocycles. The highest BCUT2D eigenvalue weighted by molar-refractivity contribution is 9.09. The smallest absolute Gasteiger partial charge is 0.252 e. The molecule has 1 aromatic rings. The molecule has 0 spiro atoms. The molecule has 80 valence electrons. The minimum absolute atomic E-state index is 0.00376. The fraction of sp³-hybridized carbons (Fsp3) is 0.364. The second-order valence-corrected chi connectivity index (χ2v) is 4.15. The van der Waals surface area contributed by atoms with E-state index < -0.39 is 0 Å². The van der Waals surface area contributed by atoms with Gasteiger partial charge in [0.25, 0.3) is 5.91 Å². The lowest BCUT2D eigenvalue weighted by molar-refractivity contribution is 0.0966. The Labute approximate surface area is 96.9 Å². The number of benzene rings is 1. The Balaban J connectivity index is 2.15. The van der Waals surface area contributed by atoms with Gasteiger partial charge in [0.2, 0.25) is 0 Å². The average Bonchev–Trinajstić information content (AvgIpc) is 2.62. The van der Waals surface area contributed by atoms with Gasteiger partial charge in [-0.15, -0.1) is 0 Å². The molecular formula is C11H12BrNO2. The van der Waals surface area contributed by atoms with Gasteiger partial charge in [-0.25, -0.2) is 0 Å². The van der Waals surface area contributed by atoms with Crippen LogP contribution in [0.3, 0.4) is 0 Å². The summed E-state index contributed by atoms with van der Waals surface area (Å²) in [6, 6.07) is 5.59. The SMILES string of the molecule is O=C1NCc2c(OCCCBr)cccc21. The van der Waals surface area contributed by atoms with Crippen LogP contribution >= 0.6 is 15.9 Å². The maximum atomic E-state index is 11.4. The minimum Gasteiger partial charge on any atom is -0.493 e. The van der Waals surface area contributed by atoms with Crippen molar-refractivity contribution in [2.24, 2.45) is 0 Å². The molecule has 0 atom stereocenters. The molecule has 1 heterocycles. The van der Waals surface area contributed by atoms with Gasteiger partial charge in [-0.2, -0.15) is 0 Å². The lowest BCUT2D eigenvalue weighted by Gasteiger charge is -2.08. The molecule has 0 aromatic heterocycles. The fourth-order valence-corrected chi connectivity index (χ4v) is 1.83. The Morgan fingerprint density at radius 2 is 2.33 bits per heavy atom. The number of hydrogen-bond acceptors (Lipinski definition) is 2. The number of carbonyl (C=O) groups is 1. The number of ether oxygens (including phenoxy) is 1. The molecule has 0 saturated carbocycles. The van der Waals surface area contributed by atoms with E-state index in [2.05, 4.69) is 21.2 Å². The summed E-state index contributed by atoms with van der Waals surface area (Å²) in [5.74, 6) is 0.822. The first-order chi connectivity index (χ1) is 7.33. The highest BCUT2D eigenvalue weighted by atomic mass is 79.9. The molecule has 0 radical (unpaired) electrons. The number of halogens is 1. The second-order valence-electron chi connectivity index (χ2n) is 3.36. The molecule has 0 fully saturated rings. The summed E-state index contributed by atoms with van der Waals surface area (Å²) in [4.78, 5) is 11.4. The minimum atomic E-state index is -0.00376. The summed E-state index contributed by atoms with van der Waals surface area (Å²) in [7, 11) is 0. The van der Waals surface area contributed by atoms with Crippen molar-refractivity contribution in [3.05, 3.63) is 29.3 Å². The molecule has 15 heavy (non-hydrogen) atoms. The standard InChI is InChI=1S/C11H12BrNO2/c12-5-2-6-15-10-4-1-3-8-9(10)7-13-11(8)14/h1,3-4H,2,5-7H2,(H,13,14). The van der Waals surface area contributed by atoms with Gasteiger partial charge >= 0.3 is 0 Å². The van der Waals surface area contributed by atoms with E-state index in [0.717, 1.165) is 28.6 Å². The maximum Gasteiger partial charge on any atom is 0.252 e. The van der Waals surface area contributed by atoms with E-state index in [1.165, 1.54) is 0 Å². The number of carbonyl (C=O) groups excluding carboxylic acids is 1. The lowest BCUT2D eigenvalue weighted by Crippen LogP contribution is -2.12. The zero-order chi connectivity index (χ0) is 10.7. The van der Waals surface area contributed by atoms with Crippen LogP contribution in [0, 0.1) is 0 Å². The van der Waals surface area contributed by atoms with Crippen molar-refractivity contribution in [1.29, 1.82) is 0 Å². The quantitative estimate of drug-likeness (QED) is 0.672. The van der Waals surface area contributed by atoms with Gasteiger partial charge in [-0.05, 0) is 18.6 Å². The number of amides is 1. The molecule has 1 aliphatic heterocycles. The topological polar surface area (TPSA) is 38.3 Å². The molecule has 0 unspecified atom stereocenters. The first-order valence-electron chi connectivity index (χ1n) is 4.92. The molecule has 3 nitrogen and oxygen atoms in total. The van der Waals surface area contributed by atoms with Crippen LogP contribution in [0.2, 0.25) is 0 Å². The van der Waals surface area contributed by atoms with Crippen LogP contribution < -0.4 is 10.1 Å². The monoisotopic (exact) mass is 269 g/mol. The third-order valence-electron chi connectivity index (χ3n) is 2.34. The number of rotatable bonds is 4. The van der Waals surface area contributed by atoms with Crippen molar-refractivity contribution in [3.63, 3.8) is 0 Å². The van der Waals surface area contributed by atoms with Gasteiger partial charge in [0.15, 0.2) is 0 Å². The summed E-state index contributed by atoms with van der Waals surface area (Å²) >= 11 is 3.35. The van der Waals surface area contributed by atoms with Crippen LogP contribution in [0.15, 0.2) is 18.2 Å². The van der Waals surface area contributed by atoms with Crippen molar-refractivity contribution >= 4 is 21.8 Å². The van der Waals surface area contributed by atoms with Gasteiger partial charge in [-0.3, -0.25) is 4.79 Å². The number of hydrogen-bond donors (Lipinski definition) is 1. The molecule has 4 heteroatoms. The van der Waals surface area contributed by atoms with Gasteiger partial charge in [0.1, 0.15) is 5.75 Å². The number of fused-ring (bicyclic) bond motifs is 1.